The van der Waals surface area contributed by atoms with Crippen LogP contribution in [0.15, 0.2) is 115 Å². The van der Waals surface area contributed by atoms with Crippen molar-refractivity contribution in [1.82, 2.24) is 5.32 Å². The van der Waals surface area contributed by atoms with E-state index < -0.39 is 129 Å². The minimum atomic E-state index is -2.87. The molecule has 82 heavy (non-hydrogen) atoms. The molecule has 3 aromatic rings. The number of carbonyl (C=O) groups is 6. The lowest BCUT2D eigenvalue weighted by molar-refractivity contribution is -0.352. The maximum atomic E-state index is 16.9. The van der Waals surface area contributed by atoms with E-state index in [1.165, 1.54) is 19.9 Å². The van der Waals surface area contributed by atoms with Gasteiger partial charge in [0.15, 0.2) is 46.3 Å². The molecule has 7 rings (SSSR count). The number of hydrogen-bond donors (Lipinski definition) is 2. The van der Waals surface area contributed by atoms with E-state index in [-0.39, 0.29) is 36.3 Å². The highest BCUT2D eigenvalue weighted by Gasteiger charge is 2.80. The summed E-state index contributed by atoms with van der Waals surface area (Å²) in [6.45, 7) is 28.5. The lowest BCUT2D eigenvalue weighted by atomic mass is 9.44. The van der Waals surface area contributed by atoms with Crippen LogP contribution in [0, 0.1) is 16.7 Å². The second-order valence-electron chi connectivity index (χ2n) is 23.1. The molecule has 16 nitrogen and oxygen atoms in total. The molecule has 2 saturated carbocycles. The summed E-state index contributed by atoms with van der Waals surface area (Å²) >= 11 is 0. The molecular weight excluding hydrogens is 1080 g/mol. The smallest absolute Gasteiger partial charge is 0.338 e. The monoisotopic (exact) mass is 1160 g/mol. The van der Waals surface area contributed by atoms with Crippen LogP contribution in [0.1, 0.15) is 127 Å². The van der Waals surface area contributed by atoms with E-state index in [1.807, 2.05) is 47.6 Å². The standard InChI is InChI=1S/C64H85NO15Si2/c1-15-37-73-56-51(76-60(71)53(80-82(20-6,21-7)22-8)50(44-32-25-23-26-33-44)65-58(69)46-36-30-29-31-43(46)16-2)40(9)49-52(75-41(10)66)55(68)62(14)47(79-81(17-3,18-4)19-5)38-48-63(39-74-48,78-42(11)67)54(62)57(64(56,72)61(49,12)13)77-59(70)45-34-27-24-28-35-45/h15-16,23-36,47-48,50-54,56-57,72H,1-2,17-22,37-39H2,3-14H3,(H,65,69)/t47?,48-,50+,51-,52-,53-,54+,56+,57+,62-,63+,64-/m1/s1. The van der Waals surface area contributed by atoms with Crippen molar-refractivity contribution in [2.75, 3.05) is 13.2 Å². The van der Waals surface area contributed by atoms with Crippen molar-refractivity contribution in [3.05, 3.63) is 138 Å². The number of esters is 4. The van der Waals surface area contributed by atoms with Crippen molar-refractivity contribution in [3.63, 3.8) is 0 Å². The Hall–Kier alpha value is -5.87. The number of aliphatic hydroxyl groups is 1. The maximum absolute atomic E-state index is 16.9. The molecule has 1 heterocycles. The van der Waals surface area contributed by atoms with Crippen LogP contribution in [0.4, 0.5) is 0 Å². The molecule has 3 fully saturated rings. The lowest BCUT2D eigenvalue weighted by Crippen LogP contribution is -2.84. The normalized spacial score (nSPS) is 28.3. The van der Waals surface area contributed by atoms with E-state index in [0.717, 1.165) is 0 Å². The number of hydrogen-bond acceptors (Lipinski definition) is 15. The van der Waals surface area contributed by atoms with Gasteiger partial charge in [-0.25, -0.2) is 9.59 Å². The van der Waals surface area contributed by atoms with Crippen LogP contribution in [0.25, 0.3) is 6.08 Å². The number of amides is 1. The molecule has 2 bridgehead atoms. The van der Waals surface area contributed by atoms with Crippen LogP contribution in [0.3, 0.4) is 0 Å². The van der Waals surface area contributed by atoms with Crippen molar-refractivity contribution in [3.8, 4) is 0 Å². The minimum Gasteiger partial charge on any atom is -0.455 e. The molecule has 0 spiro atoms. The summed E-state index contributed by atoms with van der Waals surface area (Å²) in [6, 6.07) is 26.5. The average Bonchev–Trinajstić information content (AvgIpc) is 1.36. The highest BCUT2D eigenvalue weighted by molar-refractivity contribution is 6.74. The second kappa shape index (κ2) is 25.5. The van der Waals surface area contributed by atoms with E-state index in [9.17, 15) is 14.4 Å². The molecule has 12 atom stereocenters. The molecule has 444 valence electrons. The van der Waals surface area contributed by atoms with Gasteiger partial charge in [0.1, 0.15) is 23.9 Å². The van der Waals surface area contributed by atoms with E-state index in [1.54, 1.807) is 113 Å². The molecule has 0 radical (unpaired) electrons. The quantitative estimate of drug-likeness (QED) is 0.0370. The van der Waals surface area contributed by atoms with Crippen LogP contribution in [0.2, 0.25) is 36.3 Å². The summed E-state index contributed by atoms with van der Waals surface area (Å²) in [5.74, 6) is -6.20. The van der Waals surface area contributed by atoms with Gasteiger partial charge < -0.3 is 47.7 Å². The number of ether oxygens (including phenoxy) is 6. The molecule has 4 aliphatic rings. The largest absolute Gasteiger partial charge is 0.455 e. The molecule has 18 heteroatoms. The zero-order valence-electron chi connectivity index (χ0n) is 49.9. The fraction of sp³-hybridized carbons (Fsp3) is 0.531. The van der Waals surface area contributed by atoms with Crippen molar-refractivity contribution in [1.29, 1.82) is 0 Å². The second-order valence-corrected chi connectivity index (χ2v) is 32.6. The first kappa shape index (κ1) is 63.7. The highest BCUT2D eigenvalue weighted by Crippen LogP contribution is 2.66. The van der Waals surface area contributed by atoms with Crippen molar-refractivity contribution in [2.45, 2.75) is 186 Å². The first-order valence-electron chi connectivity index (χ1n) is 29.0. The Morgan fingerprint density at radius 3 is 1.90 bits per heavy atom. The molecule has 0 aromatic heterocycles. The van der Waals surface area contributed by atoms with Gasteiger partial charge in [0.2, 0.25) is 0 Å². The van der Waals surface area contributed by atoms with Gasteiger partial charge in [0, 0.05) is 31.2 Å². The fourth-order valence-electron chi connectivity index (χ4n) is 13.8. The highest BCUT2D eigenvalue weighted by atomic mass is 28.4. The number of Topliss-reactive ketones (excluding diaryl/α,β-unsaturated/α-hetero) is 1. The van der Waals surface area contributed by atoms with Crippen LogP contribution in [-0.4, -0.2) is 124 Å². The van der Waals surface area contributed by atoms with Gasteiger partial charge in [-0.3, -0.25) is 19.2 Å². The van der Waals surface area contributed by atoms with Gasteiger partial charge in [0.25, 0.3) is 5.91 Å². The number of rotatable bonds is 24. The molecule has 1 aliphatic heterocycles. The summed E-state index contributed by atoms with van der Waals surface area (Å²) < 4.78 is 54.6. The summed E-state index contributed by atoms with van der Waals surface area (Å²) in [5.41, 5.74) is -6.49. The molecule has 3 aliphatic carbocycles. The Morgan fingerprint density at radius 2 is 1.37 bits per heavy atom. The molecule has 1 saturated heterocycles. The van der Waals surface area contributed by atoms with Gasteiger partial charge in [0.05, 0.1) is 42.3 Å². The first-order valence-corrected chi connectivity index (χ1v) is 34.1. The van der Waals surface area contributed by atoms with Crippen LogP contribution in [-0.2, 0) is 56.5 Å². The topological polar surface area (TPSA) is 209 Å². The Balaban J connectivity index is 1.57. The summed E-state index contributed by atoms with van der Waals surface area (Å²) in [7, 11) is -5.59. The Bertz CT molecular complexity index is 2870. The summed E-state index contributed by atoms with van der Waals surface area (Å²) in [6.07, 6.45) is -7.63. The van der Waals surface area contributed by atoms with Crippen LogP contribution >= 0.6 is 0 Å². The van der Waals surface area contributed by atoms with Gasteiger partial charge >= 0.3 is 23.9 Å². The van der Waals surface area contributed by atoms with Crippen molar-refractivity contribution < 1.29 is 71.1 Å². The molecule has 1 amide bonds. The number of ketones is 1. The van der Waals surface area contributed by atoms with E-state index in [4.69, 9.17) is 37.3 Å². The van der Waals surface area contributed by atoms with E-state index in [0.29, 0.717) is 53.0 Å². The third kappa shape index (κ3) is 11.3. The average molecular weight is 1160 g/mol. The third-order valence-corrected chi connectivity index (χ3v) is 28.1. The molecule has 3 aromatic carbocycles. The Kier molecular flexibility index (Phi) is 19.8. The van der Waals surface area contributed by atoms with Gasteiger partial charge in [-0.1, -0.05) is 141 Å². The van der Waals surface area contributed by atoms with Gasteiger partial charge in [-0.2, -0.15) is 0 Å². The van der Waals surface area contributed by atoms with E-state index >= 15 is 19.5 Å². The number of fused-ring (bicyclic) bond motifs is 5. The maximum Gasteiger partial charge on any atom is 0.338 e. The van der Waals surface area contributed by atoms with Gasteiger partial charge in [-0.05, 0) is 90.6 Å². The molecule has 2 N–H and O–H groups in total. The number of nitrogens with one attached hydrogen (secondary N) is 1. The molecular formula is C64H85NO15Si2. The predicted octanol–water partition coefficient (Wildman–Crippen LogP) is 10.6. The van der Waals surface area contributed by atoms with Crippen LogP contribution in [0.5, 0.6) is 0 Å². The summed E-state index contributed by atoms with van der Waals surface area (Å²) in [4.78, 5) is 90.5. The zero-order valence-corrected chi connectivity index (χ0v) is 51.9. The van der Waals surface area contributed by atoms with Crippen molar-refractivity contribution in [2.24, 2.45) is 16.7 Å². The van der Waals surface area contributed by atoms with Crippen molar-refractivity contribution >= 4 is 58.3 Å². The van der Waals surface area contributed by atoms with Crippen LogP contribution < -0.4 is 5.32 Å². The van der Waals surface area contributed by atoms with E-state index in [2.05, 4.69) is 18.5 Å². The lowest BCUT2D eigenvalue weighted by Gasteiger charge is -2.69. The SMILES string of the molecule is C=CCO[C@H]1[C@H](OC(=O)[C@H](O[Si](CC)(CC)CC)[C@@H](NC(=O)c2ccccc2C=C)c2ccccc2)C(C)=C2[C@@H](OC(C)=O)C(=O)[C@]3(C)C(O[Si](CC)(CC)CC)C[C@H]4OC[C@@]4(OC(C)=O)[C@H]3[C@H](OC(=O)c3ccccc3)[C@@]1(O)C2(C)C. The Morgan fingerprint density at radius 1 is 0.780 bits per heavy atom. The zero-order chi connectivity index (χ0) is 60.2. The predicted molar refractivity (Wildman–Crippen MR) is 315 cm³/mol. The molecule has 1 unspecified atom stereocenters. The number of carbonyl (C=O) groups excluding carboxylic acids is 6. The third-order valence-electron chi connectivity index (χ3n) is 18.9. The Labute approximate surface area is 485 Å². The fourth-order valence-corrected chi connectivity index (χ4v) is 19.5. The minimum absolute atomic E-state index is 0.0428. The van der Waals surface area contributed by atoms with Gasteiger partial charge in [-0.15, -0.1) is 6.58 Å². The number of benzene rings is 3. The summed E-state index contributed by atoms with van der Waals surface area (Å²) in [5, 5.41) is 18.1. The first-order chi connectivity index (χ1) is 38.9.